The topological polar surface area (TPSA) is 38.5 Å². The summed E-state index contributed by atoms with van der Waals surface area (Å²) in [7, 11) is 0. The third kappa shape index (κ3) is 2.78. The molecule has 2 N–H and O–H groups in total. The molecule has 1 fully saturated rings. The Morgan fingerprint density at radius 2 is 2.12 bits per heavy atom. The molecule has 1 aromatic carbocycles. The predicted octanol–water partition coefficient (Wildman–Crippen LogP) is 0.985. The lowest BCUT2D eigenvalue weighted by atomic mass is 10.1. The fraction of sp³-hybridized carbons (Fsp3) is 0.500. The molecule has 0 radical (unpaired) electrons. The number of hydrogen-bond acceptors (Lipinski definition) is 3. The molecule has 1 aliphatic rings. The number of benzene rings is 1. The van der Waals surface area contributed by atoms with E-state index in [2.05, 4.69) is 4.90 Å². The average Bonchev–Trinajstić information content (AvgIpc) is 2.33. The zero-order valence-electron chi connectivity index (χ0n) is 9.23. The van der Waals surface area contributed by atoms with Crippen molar-refractivity contribution < 1.29 is 9.13 Å². The normalized spacial score (nSPS) is 22.2. The van der Waals surface area contributed by atoms with E-state index in [9.17, 15) is 4.39 Å². The standard InChI is InChI=1S/C12H17FN2O/c13-11-3-1-10(2-4-11)8-15-5-6-16-9-12(15)7-14/h1-4,12H,5-9,14H2/t12-/m1/s1. The van der Waals surface area contributed by atoms with Gasteiger partial charge in [0.25, 0.3) is 0 Å². The van der Waals surface area contributed by atoms with Gasteiger partial charge in [0.2, 0.25) is 0 Å². The maximum Gasteiger partial charge on any atom is 0.123 e. The summed E-state index contributed by atoms with van der Waals surface area (Å²) in [5.41, 5.74) is 6.80. The van der Waals surface area contributed by atoms with Crippen molar-refractivity contribution in [1.82, 2.24) is 4.90 Å². The minimum atomic E-state index is -0.193. The predicted molar refractivity (Wildman–Crippen MR) is 60.5 cm³/mol. The van der Waals surface area contributed by atoms with Gasteiger partial charge in [0, 0.05) is 25.7 Å². The highest BCUT2D eigenvalue weighted by atomic mass is 19.1. The van der Waals surface area contributed by atoms with Gasteiger partial charge in [-0.05, 0) is 17.7 Å². The number of hydrogen-bond donors (Lipinski definition) is 1. The van der Waals surface area contributed by atoms with Crippen molar-refractivity contribution in [2.75, 3.05) is 26.3 Å². The molecule has 4 heteroatoms. The molecule has 0 aromatic heterocycles. The lowest BCUT2D eigenvalue weighted by Crippen LogP contribution is -2.48. The Balaban J connectivity index is 1.99. The average molecular weight is 224 g/mol. The molecule has 0 saturated carbocycles. The molecule has 88 valence electrons. The second-order valence-electron chi connectivity index (χ2n) is 4.06. The van der Waals surface area contributed by atoms with Gasteiger partial charge in [0.05, 0.1) is 13.2 Å². The molecule has 1 heterocycles. The summed E-state index contributed by atoms with van der Waals surface area (Å²) in [6.07, 6.45) is 0. The Morgan fingerprint density at radius 3 is 2.81 bits per heavy atom. The fourth-order valence-corrected chi connectivity index (χ4v) is 1.94. The molecule has 16 heavy (non-hydrogen) atoms. The monoisotopic (exact) mass is 224 g/mol. The Kier molecular flexibility index (Phi) is 3.88. The Morgan fingerprint density at radius 1 is 1.38 bits per heavy atom. The number of ether oxygens (including phenoxy) is 1. The van der Waals surface area contributed by atoms with Crippen LogP contribution in [-0.2, 0) is 11.3 Å². The molecule has 1 aliphatic heterocycles. The van der Waals surface area contributed by atoms with Crippen LogP contribution < -0.4 is 5.73 Å². The van der Waals surface area contributed by atoms with Crippen LogP contribution in [0.4, 0.5) is 4.39 Å². The van der Waals surface area contributed by atoms with E-state index in [0.29, 0.717) is 13.2 Å². The van der Waals surface area contributed by atoms with E-state index in [-0.39, 0.29) is 11.9 Å². The van der Waals surface area contributed by atoms with E-state index in [1.165, 1.54) is 12.1 Å². The number of nitrogens with zero attached hydrogens (tertiary/aromatic N) is 1. The Bertz CT molecular complexity index is 328. The molecule has 0 aliphatic carbocycles. The summed E-state index contributed by atoms with van der Waals surface area (Å²) in [5, 5.41) is 0. The Hall–Kier alpha value is -0.970. The zero-order valence-corrected chi connectivity index (χ0v) is 9.23. The van der Waals surface area contributed by atoms with Crippen molar-refractivity contribution >= 4 is 0 Å². The number of rotatable bonds is 3. The summed E-state index contributed by atoms with van der Waals surface area (Å²) >= 11 is 0. The summed E-state index contributed by atoms with van der Waals surface area (Å²) in [6.45, 7) is 3.74. The van der Waals surface area contributed by atoms with Crippen LogP contribution in [0.3, 0.4) is 0 Å². The highest BCUT2D eigenvalue weighted by Crippen LogP contribution is 2.12. The van der Waals surface area contributed by atoms with Crippen LogP contribution in [0, 0.1) is 5.82 Å². The van der Waals surface area contributed by atoms with Crippen LogP contribution in [0.5, 0.6) is 0 Å². The van der Waals surface area contributed by atoms with E-state index < -0.39 is 0 Å². The van der Waals surface area contributed by atoms with Crippen LogP contribution in [0.15, 0.2) is 24.3 Å². The highest BCUT2D eigenvalue weighted by Gasteiger charge is 2.21. The quantitative estimate of drug-likeness (QED) is 0.832. The van der Waals surface area contributed by atoms with Crippen LogP contribution in [-0.4, -0.2) is 37.2 Å². The van der Waals surface area contributed by atoms with Gasteiger partial charge >= 0.3 is 0 Å². The minimum absolute atomic E-state index is 0.193. The van der Waals surface area contributed by atoms with Crippen LogP contribution in [0.1, 0.15) is 5.56 Å². The molecule has 0 bridgehead atoms. The Labute approximate surface area is 95.0 Å². The molecule has 0 unspecified atom stereocenters. The number of halogens is 1. The second-order valence-corrected chi connectivity index (χ2v) is 4.06. The second kappa shape index (κ2) is 5.39. The molecule has 1 aromatic rings. The SMILES string of the molecule is NC[C@@H]1COCCN1Cc1ccc(F)cc1. The van der Waals surface area contributed by atoms with E-state index in [1.54, 1.807) is 0 Å². The van der Waals surface area contributed by atoms with Gasteiger partial charge in [-0.2, -0.15) is 0 Å². The molecule has 1 saturated heterocycles. The van der Waals surface area contributed by atoms with E-state index in [1.807, 2.05) is 12.1 Å². The molecule has 0 spiro atoms. The van der Waals surface area contributed by atoms with Gasteiger partial charge in [-0.15, -0.1) is 0 Å². The smallest absolute Gasteiger partial charge is 0.123 e. The molecule has 1 atom stereocenters. The first-order chi connectivity index (χ1) is 7.79. The van der Waals surface area contributed by atoms with Crippen molar-refractivity contribution in [3.05, 3.63) is 35.6 Å². The third-order valence-corrected chi connectivity index (χ3v) is 2.92. The number of morpholine rings is 1. The summed E-state index contributed by atoms with van der Waals surface area (Å²) in [4.78, 5) is 2.29. The van der Waals surface area contributed by atoms with Gasteiger partial charge in [-0.1, -0.05) is 12.1 Å². The maximum absolute atomic E-state index is 12.8. The van der Waals surface area contributed by atoms with Gasteiger partial charge in [-0.3, -0.25) is 4.90 Å². The first kappa shape index (κ1) is 11.5. The molecule has 3 nitrogen and oxygen atoms in total. The van der Waals surface area contributed by atoms with Crippen LogP contribution in [0.2, 0.25) is 0 Å². The first-order valence-corrected chi connectivity index (χ1v) is 5.56. The molecular weight excluding hydrogens is 207 g/mol. The van der Waals surface area contributed by atoms with E-state index in [0.717, 1.165) is 25.3 Å². The summed E-state index contributed by atoms with van der Waals surface area (Å²) in [5.74, 6) is -0.193. The highest BCUT2D eigenvalue weighted by molar-refractivity contribution is 5.16. The van der Waals surface area contributed by atoms with E-state index in [4.69, 9.17) is 10.5 Å². The summed E-state index contributed by atoms with van der Waals surface area (Å²) in [6, 6.07) is 6.90. The molecular formula is C12H17FN2O. The van der Waals surface area contributed by atoms with Crippen molar-refractivity contribution in [3.63, 3.8) is 0 Å². The van der Waals surface area contributed by atoms with E-state index >= 15 is 0 Å². The zero-order chi connectivity index (χ0) is 11.4. The fourth-order valence-electron chi connectivity index (χ4n) is 1.94. The summed E-state index contributed by atoms with van der Waals surface area (Å²) < 4.78 is 18.1. The first-order valence-electron chi connectivity index (χ1n) is 5.56. The van der Waals surface area contributed by atoms with Gasteiger partial charge in [0.15, 0.2) is 0 Å². The molecule has 2 rings (SSSR count). The molecule has 0 amide bonds. The van der Waals surface area contributed by atoms with Crippen molar-refractivity contribution in [3.8, 4) is 0 Å². The van der Waals surface area contributed by atoms with Crippen LogP contribution in [0.25, 0.3) is 0 Å². The largest absolute Gasteiger partial charge is 0.378 e. The van der Waals surface area contributed by atoms with Crippen molar-refractivity contribution in [1.29, 1.82) is 0 Å². The lowest BCUT2D eigenvalue weighted by molar-refractivity contribution is -0.00793. The van der Waals surface area contributed by atoms with Crippen molar-refractivity contribution in [2.24, 2.45) is 5.73 Å². The van der Waals surface area contributed by atoms with Gasteiger partial charge < -0.3 is 10.5 Å². The van der Waals surface area contributed by atoms with Crippen LogP contribution >= 0.6 is 0 Å². The minimum Gasteiger partial charge on any atom is -0.378 e. The number of nitrogens with two attached hydrogens (primary N) is 1. The van der Waals surface area contributed by atoms with Crippen molar-refractivity contribution in [2.45, 2.75) is 12.6 Å². The third-order valence-electron chi connectivity index (χ3n) is 2.92. The lowest BCUT2D eigenvalue weighted by Gasteiger charge is -2.34. The van der Waals surface area contributed by atoms with Gasteiger partial charge in [-0.25, -0.2) is 4.39 Å². The maximum atomic E-state index is 12.8. The van der Waals surface area contributed by atoms with Gasteiger partial charge in [0.1, 0.15) is 5.82 Å².